The second kappa shape index (κ2) is 4.98. The quantitative estimate of drug-likeness (QED) is 0.854. The third kappa shape index (κ3) is 2.73. The van der Waals surface area contributed by atoms with Crippen LogP contribution in [-0.4, -0.2) is 31.8 Å². The fraction of sp³-hybridized carbons (Fsp3) is 0.500. The summed E-state index contributed by atoms with van der Waals surface area (Å²) in [6.07, 6.45) is -0.120. The van der Waals surface area contributed by atoms with Crippen LogP contribution in [0.4, 0.5) is 14.5 Å². The van der Waals surface area contributed by atoms with Crippen LogP contribution < -0.4 is 10.6 Å². The molecule has 1 aromatic rings. The minimum atomic E-state index is -0.567. The Labute approximate surface area is 99.2 Å². The lowest BCUT2D eigenvalue weighted by Gasteiger charge is -2.37. The number of ether oxygens (including phenoxy) is 1. The second-order valence-electron chi connectivity index (χ2n) is 4.31. The van der Waals surface area contributed by atoms with Crippen LogP contribution in [0.3, 0.4) is 0 Å². The number of hydrogen-bond donors (Lipinski definition) is 1. The molecule has 1 saturated heterocycles. The molecule has 17 heavy (non-hydrogen) atoms. The van der Waals surface area contributed by atoms with Crippen LogP contribution in [0.15, 0.2) is 18.2 Å². The van der Waals surface area contributed by atoms with Crippen molar-refractivity contribution in [2.45, 2.75) is 19.1 Å². The zero-order valence-electron chi connectivity index (χ0n) is 9.70. The lowest BCUT2D eigenvalue weighted by atomic mass is 10.2. The minimum Gasteiger partial charge on any atom is -0.370 e. The number of benzene rings is 1. The van der Waals surface area contributed by atoms with Gasteiger partial charge in [-0.25, -0.2) is 8.78 Å². The van der Waals surface area contributed by atoms with Gasteiger partial charge in [0.2, 0.25) is 0 Å². The predicted molar refractivity (Wildman–Crippen MR) is 62.0 cm³/mol. The first kappa shape index (κ1) is 12.3. The summed E-state index contributed by atoms with van der Waals surface area (Å²) in [5, 5.41) is 0. The molecule has 5 heteroatoms. The Morgan fingerprint density at radius 3 is 2.82 bits per heavy atom. The molecule has 0 aliphatic carbocycles. The van der Waals surface area contributed by atoms with E-state index in [4.69, 9.17) is 10.5 Å². The van der Waals surface area contributed by atoms with E-state index < -0.39 is 11.6 Å². The molecule has 94 valence electrons. The minimum absolute atomic E-state index is 0.0123. The van der Waals surface area contributed by atoms with E-state index in [0.717, 1.165) is 6.07 Å². The van der Waals surface area contributed by atoms with Crippen LogP contribution in [0.5, 0.6) is 0 Å². The highest BCUT2D eigenvalue weighted by molar-refractivity contribution is 5.48. The highest BCUT2D eigenvalue weighted by atomic mass is 19.1. The molecule has 0 radical (unpaired) electrons. The van der Waals surface area contributed by atoms with Gasteiger partial charge in [0.1, 0.15) is 11.6 Å². The van der Waals surface area contributed by atoms with E-state index in [2.05, 4.69) is 0 Å². The Morgan fingerprint density at radius 2 is 2.18 bits per heavy atom. The number of anilines is 1. The van der Waals surface area contributed by atoms with Crippen LogP contribution >= 0.6 is 0 Å². The van der Waals surface area contributed by atoms with Gasteiger partial charge in [-0.15, -0.1) is 0 Å². The van der Waals surface area contributed by atoms with Crippen molar-refractivity contribution in [1.29, 1.82) is 0 Å². The summed E-state index contributed by atoms with van der Waals surface area (Å²) in [6, 6.07) is 3.61. The molecule has 0 spiro atoms. The van der Waals surface area contributed by atoms with Gasteiger partial charge in [-0.2, -0.15) is 0 Å². The van der Waals surface area contributed by atoms with E-state index in [0.29, 0.717) is 25.3 Å². The van der Waals surface area contributed by atoms with Gasteiger partial charge in [-0.05, 0) is 19.1 Å². The molecule has 0 amide bonds. The molecule has 1 heterocycles. The number of nitrogens with two attached hydrogens (primary N) is 1. The maximum absolute atomic E-state index is 13.6. The van der Waals surface area contributed by atoms with Gasteiger partial charge in [0, 0.05) is 25.7 Å². The summed E-state index contributed by atoms with van der Waals surface area (Å²) < 4.78 is 32.1. The van der Waals surface area contributed by atoms with Gasteiger partial charge < -0.3 is 15.4 Å². The molecule has 3 nitrogen and oxygen atoms in total. The van der Waals surface area contributed by atoms with Crippen molar-refractivity contribution >= 4 is 5.69 Å². The lowest BCUT2D eigenvalue weighted by molar-refractivity contribution is -0.0106. The Balaban J connectivity index is 2.20. The Bertz CT molecular complexity index is 400. The molecule has 1 aliphatic rings. The third-order valence-electron chi connectivity index (χ3n) is 2.84. The van der Waals surface area contributed by atoms with Crippen LogP contribution in [0.1, 0.15) is 6.92 Å². The summed E-state index contributed by atoms with van der Waals surface area (Å²) in [5.74, 6) is -1.11. The summed E-state index contributed by atoms with van der Waals surface area (Å²) in [4.78, 5) is 1.85. The van der Waals surface area contributed by atoms with Gasteiger partial charge in [-0.1, -0.05) is 0 Å². The van der Waals surface area contributed by atoms with Crippen LogP contribution in [0, 0.1) is 11.6 Å². The summed E-state index contributed by atoms with van der Waals surface area (Å²) >= 11 is 0. The molecule has 1 aromatic carbocycles. The lowest BCUT2D eigenvalue weighted by Crippen LogP contribution is -2.49. The molecule has 0 bridgehead atoms. The molecular weight excluding hydrogens is 226 g/mol. The molecule has 2 rings (SSSR count). The predicted octanol–water partition coefficient (Wildman–Crippen LogP) is 1.52. The van der Waals surface area contributed by atoms with Gasteiger partial charge in [0.15, 0.2) is 0 Å². The van der Waals surface area contributed by atoms with E-state index >= 15 is 0 Å². The zero-order chi connectivity index (χ0) is 12.4. The molecule has 2 N–H and O–H groups in total. The zero-order valence-corrected chi connectivity index (χ0v) is 9.70. The van der Waals surface area contributed by atoms with E-state index in [1.54, 1.807) is 0 Å². The Hall–Kier alpha value is -1.20. The average molecular weight is 242 g/mol. The summed E-state index contributed by atoms with van der Waals surface area (Å²) in [6.45, 7) is 3.42. The van der Waals surface area contributed by atoms with Crippen molar-refractivity contribution in [3.05, 3.63) is 29.8 Å². The van der Waals surface area contributed by atoms with Crippen molar-refractivity contribution in [3.8, 4) is 0 Å². The Morgan fingerprint density at radius 1 is 1.41 bits per heavy atom. The topological polar surface area (TPSA) is 38.5 Å². The molecule has 1 fully saturated rings. The van der Waals surface area contributed by atoms with Crippen molar-refractivity contribution in [2.75, 3.05) is 24.5 Å². The molecule has 2 unspecified atom stereocenters. The van der Waals surface area contributed by atoms with E-state index in [1.165, 1.54) is 12.1 Å². The second-order valence-corrected chi connectivity index (χ2v) is 4.31. The number of nitrogens with zero attached hydrogens (tertiary/aromatic N) is 1. The van der Waals surface area contributed by atoms with Crippen LogP contribution in [0.2, 0.25) is 0 Å². The molecule has 0 saturated carbocycles. The number of halogens is 2. The van der Waals surface area contributed by atoms with Gasteiger partial charge in [-0.3, -0.25) is 0 Å². The van der Waals surface area contributed by atoms with E-state index in [-0.39, 0.29) is 12.2 Å². The van der Waals surface area contributed by atoms with Crippen molar-refractivity contribution in [3.63, 3.8) is 0 Å². The first-order valence-corrected chi connectivity index (χ1v) is 5.65. The van der Waals surface area contributed by atoms with Crippen LogP contribution in [-0.2, 0) is 4.74 Å². The smallest absolute Gasteiger partial charge is 0.149 e. The monoisotopic (exact) mass is 242 g/mol. The number of morpholine rings is 1. The maximum atomic E-state index is 13.6. The molecular formula is C12H16F2N2O. The maximum Gasteiger partial charge on any atom is 0.149 e. The van der Waals surface area contributed by atoms with Gasteiger partial charge in [0.25, 0.3) is 0 Å². The summed E-state index contributed by atoms with van der Waals surface area (Å²) in [5.41, 5.74) is 5.97. The standard InChI is InChI=1S/C12H16F2N2O/c1-8-6-16(7-10(5-15)17-8)12-3-2-9(13)4-11(12)14/h2-4,8,10H,5-7,15H2,1H3. The van der Waals surface area contributed by atoms with Crippen LogP contribution in [0.25, 0.3) is 0 Å². The fourth-order valence-corrected chi connectivity index (χ4v) is 2.11. The first-order chi connectivity index (χ1) is 8.10. The SMILES string of the molecule is CC1CN(c2ccc(F)cc2F)CC(CN)O1. The molecule has 1 aliphatic heterocycles. The normalized spacial score (nSPS) is 25.1. The van der Waals surface area contributed by atoms with Crippen molar-refractivity contribution in [2.24, 2.45) is 5.73 Å². The molecule has 0 aromatic heterocycles. The molecule has 2 atom stereocenters. The average Bonchev–Trinajstić information content (AvgIpc) is 2.28. The highest BCUT2D eigenvalue weighted by Crippen LogP contribution is 2.23. The van der Waals surface area contributed by atoms with E-state index in [9.17, 15) is 8.78 Å². The van der Waals surface area contributed by atoms with Crippen molar-refractivity contribution in [1.82, 2.24) is 0 Å². The first-order valence-electron chi connectivity index (χ1n) is 5.65. The van der Waals surface area contributed by atoms with Gasteiger partial charge >= 0.3 is 0 Å². The Kier molecular flexibility index (Phi) is 3.59. The number of rotatable bonds is 2. The van der Waals surface area contributed by atoms with E-state index in [1.807, 2.05) is 11.8 Å². The largest absolute Gasteiger partial charge is 0.370 e. The van der Waals surface area contributed by atoms with Crippen molar-refractivity contribution < 1.29 is 13.5 Å². The highest BCUT2D eigenvalue weighted by Gasteiger charge is 2.26. The number of hydrogen-bond acceptors (Lipinski definition) is 3. The van der Waals surface area contributed by atoms with Gasteiger partial charge in [0.05, 0.1) is 17.9 Å². The third-order valence-corrected chi connectivity index (χ3v) is 2.84. The fourth-order valence-electron chi connectivity index (χ4n) is 2.11. The summed E-state index contributed by atoms with van der Waals surface area (Å²) in [7, 11) is 0.